The highest BCUT2D eigenvalue weighted by molar-refractivity contribution is 7.89. The number of fused-ring (bicyclic) bond motifs is 2. The highest BCUT2D eigenvalue weighted by Gasteiger charge is 2.44. The Morgan fingerprint density at radius 3 is 2.68 bits per heavy atom. The minimum absolute atomic E-state index is 0.290. The number of hydrogen-bond acceptors (Lipinski definition) is 3. The third kappa shape index (κ3) is 1.94. The van der Waals surface area contributed by atoms with Gasteiger partial charge in [0.25, 0.3) is 0 Å². The average molecular weight is 277 g/mol. The molecule has 0 saturated carbocycles. The van der Waals surface area contributed by atoms with Crippen molar-refractivity contribution in [2.75, 3.05) is 6.61 Å². The average Bonchev–Trinajstić information content (AvgIpc) is 2.73. The van der Waals surface area contributed by atoms with Gasteiger partial charge in [-0.25, -0.2) is 8.42 Å². The molecule has 0 spiro atoms. The van der Waals surface area contributed by atoms with Crippen molar-refractivity contribution in [3.63, 3.8) is 0 Å². The summed E-state index contributed by atoms with van der Waals surface area (Å²) in [5.41, 5.74) is 1.80. The molecule has 4 nitrogen and oxygen atoms in total. The maximum atomic E-state index is 12.7. The monoisotopic (exact) mass is 277 g/mol. The lowest BCUT2D eigenvalue weighted by atomic mass is 10.1. The molecule has 100 valence electrons. The van der Waals surface area contributed by atoms with E-state index >= 15 is 0 Å². The van der Waals surface area contributed by atoms with Gasteiger partial charge in [0.15, 0.2) is 0 Å². The van der Waals surface area contributed by atoms with Crippen molar-refractivity contribution >= 4 is 10.0 Å². The third-order valence-corrected chi connectivity index (χ3v) is 5.37. The van der Waals surface area contributed by atoms with E-state index in [0.717, 1.165) is 11.1 Å². The Kier molecular flexibility index (Phi) is 2.85. The Morgan fingerprint density at radius 2 is 2.00 bits per heavy atom. The lowest BCUT2D eigenvalue weighted by molar-refractivity contribution is 0.108. The highest BCUT2D eigenvalue weighted by atomic mass is 32.2. The van der Waals surface area contributed by atoms with Gasteiger partial charge in [0.1, 0.15) is 6.23 Å². The van der Waals surface area contributed by atoms with Crippen LogP contribution in [0.4, 0.5) is 0 Å². The maximum Gasteiger partial charge on any atom is 0.246 e. The maximum absolute atomic E-state index is 12.7. The number of hydrogen-bond donors (Lipinski definition) is 0. The van der Waals surface area contributed by atoms with Gasteiger partial charge in [0.2, 0.25) is 10.0 Å². The summed E-state index contributed by atoms with van der Waals surface area (Å²) in [7, 11) is -3.55. The van der Waals surface area contributed by atoms with Crippen LogP contribution in [0.25, 0.3) is 0 Å². The summed E-state index contributed by atoms with van der Waals surface area (Å²) in [4.78, 5) is 0.293. The van der Waals surface area contributed by atoms with E-state index in [-0.39, 0.29) is 6.04 Å². The first-order valence-electron chi connectivity index (χ1n) is 6.09. The smallest absolute Gasteiger partial charge is 0.246 e. The fourth-order valence-electron chi connectivity index (χ4n) is 2.38. The fourth-order valence-corrected chi connectivity index (χ4v) is 4.04. The van der Waals surface area contributed by atoms with E-state index in [2.05, 4.69) is 6.58 Å². The molecule has 2 bridgehead atoms. The molecule has 0 unspecified atom stereocenters. The standard InChI is InChI=1S/C14H15NO3S/c1-10-3-6-12(7-4-10)19(16,17)15-13-9-18-14(15)8-5-11(13)2/h3-8,13-14H,2,9H2,1H3/t13-,14+/m1/s1. The second kappa shape index (κ2) is 4.30. The molecule has 5 heteroatoms. The Morgan fingerprint density at radius 1 is 1.32 bits per heavy atom. The van der Waals surface area contributed by atoms with Crippen molar-refractivity contribution in [3.8, 4) is 0 Å². The van der Waals surface area contributed by atoms with Crippen LogP contribution in [0.5, 0.6) is 0 Å². The molecule has 19 heavy (non-hydrogen) atoms. The SMILES string of the molecule is C=C1C=C[C@@H]2OC[C@H]1N2S(=O)(=O)c1ccc(C)cc1. The van der Waals surface area contributed by atoms with Crippen molar-refractivity contribution in [3.05, 3.63) is 54.1 Å². The van der Waals surface area contributed by atoms with Crippen LogP contribution in [-0.2, 0) is 14.8 Å². The molecule has 0 N–H and O–H groups in total. The number of aryl methyl sites for hydroxylation is 1. The minimum atomic E-state index is -3.55. The number of nitrogens with zero attached hydrogens (tertiary/aromatic N) is 1. The number of benzene rings is 1. The molecule has 0 aliphatic carbocycles. The molecule has 2 heterocycles. The second-order valence-electron chi connectivity index (χ2n) is 4.82. The van der Waals surface area contributed by atoms with Crippen LogP contribution in [0.1, 0.15) is 5.56 Å². The Hall–Kier alpha value is -1.43. The van der Waals surface area contributed by atoms with Crippen molar-refractivity contribution in [2.24, 2.45) is 0 Å². The van der Waals surface area contributed by atoms with E-state index in [1.807, 2.05) is 13.0 Å². The first-order chi connectivity index (χ1) is 9.00. The molecule has 1 saturated heterocycles. The topological polar surface area (TPSA) is 46.6 Å². The second-order valence-corrected chi connectivity index (χ2v) is 6.66. The Balaban J connectivity index is 2.04. The van der Waals surface area contributed by atoms with Gasteiger partial charge in [0, 0.05) is 0 Å². The van der Waals surface area contributed by atoms with Gasteiger partial charge in [-0.1, -0.05) is 30.4 Å². The van der Waals surface area contributed by atoms with Gasteiger partial charge in [-0.05, 0) is 30.7 Å². The molecule has 2 aliphatic rings. The van der Waals surface area contributed by atoms with E-state index < -0.39 is 16.3 Å². The Labute approximate surface area is 113 Å². The summed E-state index contributed by atoms with van der Waals surface area (Å²) >= 11 is 0. The van der Waals surface area contributed by atoms with Gasteiger partial charge in [-0.15, -0.1) is 0 Å². The summed E-state index contributed by atoms with van der Waals surface area (Å²) in [5.74, 6) is 0. The van der Waals surface area contributed by atoms with Gasteiger partial charge in [-0.2, -0.15) is 4.31 Å². The zero-order chi connectivity index (χ0) is 13.6. The first-order valence-corrected chi connectivity index (χ1v) is 7.53. The molecule has 2 atom stereocenters. The van der Waals surface area contributed by atoms with Crippen LogP contribution < -0.4 is 0 Å². The molecular weight excluding hydrogens is 262 g/mol. The van der Waals surface area contributed by atoms with Crippen molar-refractivity contribution in [1.29, 1.82) is 0 Å². The number of ether oxygens (including phenoxy) is 1. The van der Waals surface area contributed by atoms with Crippen LogP contribution in [0.2, 0.25) is 0 Å². The van der Waals surface area contributed by atoms with Crippen LogP contribution >= 0.6 is 0 Å². The number of sulfonamides is 1. The van der Waals surface area contributed by atoms with Crippen LogP contribution in [0.3, 0.4) is 0 Å². The molecule has 0 amide bonds. The zero-order valence-corrected chi connectivity index (χ0v) is 11.4. The van der Waals surface area contributed by atoms with Crippen LogP contribution in [0, 0.1) is 6.92 Å². The lowest BCUT2D eigenvalue weighted by Crippen LogP contribution is -2.43. The van der Waals surface area contributed by atoms with Gasteiger partial charge < -0.3 is 4.74 Å². The summed E-state index contributed by atoms with van der Waals surface area (Å²) in [5, 5.41) is 0. The van der Waals surface area contributed by atoms with Crippen molar-refractivity contribution in [2.45, 2.75) is 24.1 Å². The predicted molar refractivity (Wildman–Crippen MR) is 72.0 cm³/mol. The lowest BCUT2D eigenvalue weighted by Gasteiger charge is -2.29. The normalized spacial score (nSPS) is 26.9. The molecule has 1 aromatic rings. The van der Waals surface area contributed by atoms with E-state index in [1.165, 1.54) is 4.31 Å². The third-order valence-electron chi connectivity index (χ3n) is 3.48. The van der Waals surface area contributed by atoms with Crippen LogP contribution in [-0.4, -0.2) is 31.6 Å². The largest absolute Gasteiger partial charge is 0.356 e. The molecular formula is C14H15NO3S. The highest BCUT2D eigenvalue weighted by Crippen LogP contribution is 2.33. The molecule has 2 aliphatic heterocycles. The first kappa shape index (κ1) is 12.6. The minimum Gasteiger partial charge on any atom is -0.356 e. The van der Waals surface area contributed by atoms with Crippen molar-refractivity contribution in [1.82, 2.24) is 4.31 Å². The van der Waals surface area contributed by atoms with Gasteiger partial charge in [-0.3, -0.25) is 0 Å². The molecule has 1 fully saturated rings. The molecule has 3 rings (SSSR count). The molecule has 0 radical (unpaired) electrons. The van der Waals surface area contributed by atoms with Crippen LogP contribution in [0.15, 0.2) is 53.5 Å². The molecule has 0 aromatic heterocycles. The summed E-state index contributed by atoms with van der Waals surface area (Å²) in [6.07, 6.45) is 3.06. The summed E-state index contributed by atoms with van der Waals surface area (Å²) in [6, 6.07) is 6.56. The van der Waals surface area contributed by atoms with E-state index in [0.29, 0.717) is 11.5 Å². The predicted octanol–water partition coefficient (Wildman–Crippen LogP) is 1.84. The summed E-state index contributed by atoms with van der Waals surface area (Å²) < 4.78 is 32.2. The number of rotatable bonds is 2. The Bertz CT molecular complexity index is 646. The van der Waals surface area contributed by atoms with E-state index in [1.54, 1.807) is 30.3 Å². The quantitative estimate of drug-likeness (QED) is 0.828. The van der Waals surface area contributed by atoms with E-state index in [9.17, 15) is 8.42 Å². The molecule has 1 aromatic carbocycles. The van der Waals surface area contributed by atoms with Gasteiger partial charge >= 0.3 is 0 Å². The van der Waals surface area contributed by atoms with Crippen molar-refractivity contribution < 1.29 is 13.2 Å². The zero-order valence-electron chi connectivity index (χ0n) is 10.6. The van der Waals surface area contributed by atoms with E-state index in [4.69, 9.17) is 4.74 Å². The van der Waals surface area contributed by atoms with Gasteiger partial charge in [0.05, 0.1) is 17.5 Å². The fraction of sp³-hybridized carbons (Fsp3) is 0.286. The summed E-state index contributed by atoms with van der Waals surface area (Å²) in [6.45, 7) is 6.18.